The number of hydrogen-bond acceptors (Lipinski definition) is 4. The van der Waals surface area contributed by atoms with Crippen LogP contribution < -0.4 is 10.3 Å². The molecule has 0 aliphatic heterocycles. The number of carboxylic acids is 1. The lowest BCUT2D eigenvalue weighted by Crippen LogP contribution is -2.48. The summed E-state index contributed by atoms with van der Waals surface area (Å²) >= 11 is 0. The Morgan fingerprint density at radius 1 is 1.39 bits per heavy atom. The summed E-state index contributed by atoms with van der Waals surface area (Å²) in [5, 5.41) is 9.68. The third kappa shape index (κ3) is 4.66. The standard InChI is InChI=1S/C11H14N2O4S/c1-2-18(16,17)13-12-10(11(14)15)8-9-6-4-3-5-7-9/h2-7,10,12-13H,1,8H2,(H,14,15). The van der Waals surface area contributed by atoms with Crippen LogP contribution in [0.5, 0.6) is 0 Å². The highest BCUT2D eigenvalue weighted by Crippen LogP contribution is 2.03. The minimum atomic E-state index is -3.70. The number of hydrazine groups is 1. The van der Waals surface area contributed by atoms with Gasteiger partial charge < -0.3 is 5.11 Å². The molecule has 1 unspecified atom stereocenters. The van der Waals surface area contributed by atoms with Crippen molar-refractivity contribution in [2.45, 2.75) is 12.5 Å². The van der Waals surface area contributed by atoms with Crippen LogP contribution in [0.25, 0.3) is 0 Å². The molecule has 18 heavy (non-hydrogen) atoms. The van der Waals surface area contributed by atoms with Gasteiger partial charge in [-0.25, -0.2) is 13.8 Å². The van der Waals surface area contributed by atoms with Crippen LogP contribution in [-0.4, -0.2) is 25.5 Å². The van der Waals surface area contributed by atoms with Gasteiger partial charge in [-0.05, 0) is 12.0 Å². The van der Waals surface area contributed by atoms with Gasteiger partial charge in [-0.3, -0.25) is 4.79 Å². The monoisotopic (exact) mass is 270 g/mol. The fraction of sp³-hybridized carbons (Fsp3) is 0.182. The zero-order valence-corrected chi connectivity index (χ0v) is 10.4. The fourth-order valence-electron chi connectivity index (χ4n) is 1.24. The van der Waals surface area contributed by atoms with Crippen molar-refractivity contribution in [2.24, 2.45) is 0 Å². The van der Waals surface area contributed by atoms with Gasteiger partial charge in [-0.15, -0.1) is 4.83 Å². The van der Waals surface area contributed by atoms with E-state index in [2.05, 4.69) is 12.0 Å². The predicted molar refractivity (Wildman–Crippen MR) is 67.0 cm³/mol. The second-order valence-electron chi connectivity index (χ2n) is 3.54. The molecule has 0 radical (unpaired) electrons. The summed E-state index contributed by atoms with van der Waals surface area (Å²) in [7, 11) is -3.70. The van der Waals surface area contributed by atoms with E-state index in [0.717, 1.165) is 5.56 Å². The number of hydrogen-bond donors (Lipinski definition) is 3. The smallest absolute Gasteiger partial charge is 0.322 e. The molecule has 0 saturated carbocycles. The van der Waals surface area contributed by atoms with Crippen LogP contribution in [0.4, 0.5) is 0 Å². The molecular weight excluding hydrogens is 256 g/mol. The SMILES string of the molecule is C=CS(=O)(=O)NNC(Cc1ccccc1)C(=O)O. The summed E-state index contributed by atoms with van der Waals surface area (Å²) in [6.07, 6.45) is 0.163. The summed E-state index contributed by atoms with van der Waals surface area (Å²) in [5.41, 5.74) is 3.04. The Hall–Kier alpha value is -1.70. The number of rotatable bonds is 7. The molecule has 1 aromatic rings. The highest BCUT2D eigenvalue weighted by Gasteiger charge is 2.19. The minimum Gasteiger partial charge on any atom is -0.480 e. The van der Waals surface area contributed by atoms with Crippen molar-refractivity contribution in [3.8, 4) is 0 Å². The number of benzene rings is 1. The lowest BCUT2D eigenvalue weighted by atomic mass is 10.1. The molecule has 0 spiro atoms. The van der Waals surface area contributed by atoms with Gasteiger partial charge in [0.25, 0.3) is 0 Å². The maximum atomic E-state index is 11.1. The molecule has 0 aliphatic carbocycles. The van der Waals surface area contributed by atoms with Crippen LogP contribution in [0.2, 0.25) is 0 Å². The summed E-state index contributed by atoms with van der Waals surface area (Å²) in [4.78, 5) is 12.9. The maximum absolute atomic E-state index is 11.1. The zero-order chi connectivity index (χ0) is 13.6. The number of sulfonamides is 1. The Labute approximate surface area is 105 Å². The first-order valence-corrected chi connectivity index (χ1v) is 6.66. The van der Waals surface area contributed by atoms with E-state index < -0.39 is 22.0 Å². The van der Waals surface area contributed by atoms with Crippen LogP contribution in [-0.2, 0) is 21.2 Å². The molecule has 1 aromatic carbocycles. The lowest BCUT2D eigenvalue weighted by molar-refractivity contribution is -0.139. The van der Waals surface area contributed by atoms with Crippen LogP contribution in [0.15, 0.2) is 42.3 Å². The molecule has 0 aromatic heterocycles. The lowest BCUT2D eigenvalue weighted by Gasteiger charge is -2.14. The van der Waals surface area contributed by atoms with Gasteiger partial charge in [0.05, 0.1) is 0 Å². The second-order valence-corrected chi connectivity index (χ2v) is 5.17. The molecule has 1 atom stereocenters. The molecule has 1 rings (SSSR count). The van der Waals surface area contributed by atoms with Crippen molar-refractivity contribution in [3.05, 3.63) is 47.9 Å². The largest absolute Gasteiger partial charge is 0.480 e. The van der Waals surface area contributed by atoms with E-state index in [1.165, 1.54) is 0 Å². The van der Waals surface area contributed by atoms with Crippen molar-refractivity contribution < 1.29 is 18.3 Å². The van der Waals surface area contributed by atoms with E-state index >= 15 is 0 Å². The first kappa shape index (κ1) is 14.4. The number of carboxylic acid groups (broad SMARTS) is 1. The molecule has 0 amide bonds. The van der Waals surface area contributed by atoms with Gasteiger partial charge in [0.15, 0.2) is 0 Å². The van der Waals surface area contributed by atoms with Crippen LogP contribution >= 0.6 is 0 Å². The average Bonchev–Trinajstić information content (AvgIpc) is 2.35. The summed E-state index contributed by atoms with van der Waals surface area (Å²) in [6.45, 7) is 3.10. The first-order valence-electron chi connectivity index (χ1n) is 5.11. The highest BCUT2D eigenvalue weighted by molar-refractivity contribution is 7.92. The van der Waals surface area contributed by atoms with E-state index in [1.807, 2.05) is 10.9 Å². The highest BCUT2D eigenvalue weighted by atomic mass is 32.2. The third-order valence-electron chi connectivity index (χ3n) is 2.18. The Morgan fingerprint density at radius 2 is 2.00 bits per heavy atom. The Balaban J connectivity index is 2.67. The van der Waals surface area contributed by atoms with Crippen LogP contribution in [0.1, 0.15) is 5.56 Å². The Morgan fingerprint density at radius 3 is 2.50 bits per heavy atom. The van der Waals surface area contributed by atoms with Crippen molar-refractivity contribution in [2.75, 3.05) is 0 Å². The molecule has 0 heterocycles. The van der Waals surface area contributed by atoms with E-state index in [-0.39, 0.29) is 6.42 Å². The molecule has 98 valence electrons. The van der Waals surface area contributed by atoms with E-state index in [1.54, 1.807) is 24.3 Å². The Bertz CT molecular complexity index is 513. The number of aliphatic carboxylic acids is 1. The van der Waals surface area contributed by atoms with Gasteiger partial charge in [0.1, 0.15) is 6.04 Å². The molecule has 0 saturated heterocycles. The van der Waals surface area contributed by atoms with Crippen LogP contribution in [0.3, 0.4) is 0 Å². The number of carbonyl (C=O) groups is 1. The molecule has 0 fully saturated rings. The molecule has 3 N–H and O–H groups in total. The van der Waals surface area contributed by atoms with Crippen LogP contribution in [0, 0.1) is 0 Å². The summed E-state index contributed by atoms with van der Waals surface area (Å²) in [5.74, 6) is -1.15. The van der Waals surface area contributed by atoms with Crippen molar-refractivity contribution in [3.63, 3.8) is 0 Å². The summed E-state index contributed by atoms with van der Waals surface area (Å²) in [6, 6.07) is 7.85. The quantitative estimate of drug-likeness (QED) is 0.617. The topological polar surface area (TPSA) is 95.5 Å². The van der Waals surface area contributed by atoms with Gasteiger partial charge in [0.2, 0.25) is 10.0 Å². The molecule has 0 bridgehead atoms. The maximum Gasteiger partial charge on any atom is 0.322 e. The van der Waals surface area contributed by atoms with Gasteiger partial charge in [-0.2, -0.15) is 0 Å². The predicted octanol–water partition coefficient (Wildman–Crippen LogP) is 0.250. The van der Waals surface area contributed by atoms with E-state index in [0.29, 0.717) is 5.41 Å². The molecular formula is C11H14N2O4S. The molecule has 0 aliphatic rings. The first-order chi connectivity index (χ1) is 8.44. The van der Waals surface area contributed by atoms with Gasteiger partial charge >= 0.3 is 5.97 Å². The summed E-state index contributed by atoms with van der Waals surface area (Å²) < 4.78 is 22.2. The zero-order valence-electron chi connectivity index (χ0n) is 9.54. The normalized spacial score (nSPS) is 12.9. The van der Waals surface area contributed by atoms with E-state index in [4.69, 9.17) is 5.11 Å². The second kappa shape index (κ2) is 6.29. The van der Waals surface area contributed by atoms with Crippen molar-refractivity contribution in [1.29, 1.82) is 0 Å². The number of nitrogens with one attached hydrogen (secondary N) is 2. The molecule has 6 nitrogen and oxygen atoms in total. The Kier molecular flexibility index (Phi) is 5.02. The minimum absolute atomic E-state index is 0.163. The van der Waals surface area contributed by atoms with Gasteiger partial charge in [-0.1, -0.05) is 36.9 Å². The molecule has 7 heteroatoms. The van der Waals surface area contributed by atoms with Crippen molar-refractivity contribution in [1.82, 2.24) is 10.3 Å². The van der Waals surface area contributed by atoms with E-state index in [9.17, 15) is 13.2 Å². The average molecular weight is 270 g/mol. The fourth-order valence-corrected chi connectivity index (χ4v) is 1.63. The third-order valence-corrected chi connectivity index (χ3v) is 3.02. The van der Waals surface area contributed by atoms with Crippen molar-refractivity contribution >= 4 is 16.0 Å². The van der Waals surface area contributed by atoms with Gasteiger partial charge in [0, 0.05) is 5.41 Å².